The van der Waals surface area contributed by atoms with Crippen LogP contribution in [-0.2, 0) is 0 Å². The molecule has 0 amide bonds. The summed E-state index contributed by atoms with van der Waals surface area (Å²) in [6, 6.07) is 7.92. The van der Waals surface area contributed by atoms with Crippen molar-refractivity contribution in [1.82, 2.24) is 0 Å². The van der Waals surface area contributed by atoms with Crippen molar-refractivity contribution in [3.05, 3.63) is 29.8 Å². The van der Waals surface area contributed by atoms with Gasteiger partial charge in [0.25, 0.3) is 0 Å². The summed E-state index contributed by atoms with van der Waals surface area (Å²) < 4.78 is 0. The molecule has 0 bridgehead atoms. The summed E-state index contributed by atoms with van der Waals surface area (Å²) in [7, 11) is 0. The topological polar surface area (TPSA) is 52.0 Å². The highest BCUT2D eigenvalue weighted by Gasteiger charge is 2.16. The van der Waals surface area contributed by atoms with E-state index in [2.05, 4.69) is 20.8 Å². The van der Waals surface area contributed by atoms with Crippen LogP contribution in [0.1, 0.15) is 38.8 Å². The normalized spacial score (nSPS) is 14.0. The molecule has 0 saturated heterocycles. The van der Waals surface area contributed by atoms with Gasteiger partial charge in [-0.3, -0.25) is 0 Å². The fourth-order valence-electron chi connectivity index (χ4n) is 1.52. The zero-order valence-electron chi connectivity index (χ0n) is 9.25. The van der Waals surface area contributed by atoms with Crippen LogP contribution in [0.4, 0.5) is 5.69 Å². The fourth-order valence-corrected chi connectivity index (χ4v) is 1.52. The molecule has 0 heterocycles. The van der Waals surface area contributed by atoms with Crippen molar-refractivity contribution in [3.63, 3.8) is 0 Å². The highest BCUT2D eigenvalue weighted by Crippen LogP contribution is 2.27. The lowest BCUT2D eigenvalue weighted by atomic mass is 9.86. The van der Waals surface area contributed by atoms with E-state index in [0.29, 0.717) is 0 Å². The molecule has 0 radical (unpaired) electrons. The summed E-state index contributed by atoms with van der Waals surface area (Å²) in [6.45, 7) is 6.60. The van der Waals surface area contributed by atoms with E-state index in [1.807, 2.05) is 24.3 Å². The van der Waals surface area contributed by atoms with E-state index in [4.69, 9.17) is 11.5 Å². The van der Waals surface area contributed by atoms with Crippen LogP contribution < -0.4 is 11.5 Å². The van der Waals surface area contributed by atoms with E-state index >= 15 is 0 Å². The minimum atomic E-state index is 0.107. The first-order valence-electron chi connectivity index (χ1n) is 4.99. The quantitative estimate of drug-likeness (QED) is 0.708. The third-order valence-corrected chi connectivity index (χ3v) is 2.20. The summed E-state index contributed by atoms with van der Waals surface area (Å²) in [4.78, 5) is 0. The van der Waals surface area contributed by atoms with Gasteiger partial charge in [0.15, 0.2) is 0 Å². The number of hydrogen-bond donors (Lipinski definition) is 2. The maximum atomic E-state index is 6.09. The molecule has 0 spiro atoms. The number of anilines is 1. The van der Waals surface area contributed by atoms with Gasteiger partial charge in [0.05, 0.1) is 0 Å². The summed E-state index contributed by atoms with van der Waals surface area (Å²) in [6.07, 6.45) is 0.983. The standard InChI is InChI=1S/C12H20N2/c1-12(2,3)8-11(14)9-4-6-10(13)7-5-9/h4-7,11H,8,13-14H2,1-3H3. The first kappa shape index (κ1) is 11.1. The molecular formula is C12H20N2. The minimum Gasteiger partial charge on any atom is -0.399 e. The number of hydrogen-bond acceptors (Lipinski definition) is 2. The summed E-state index contributed by atoms with van der Waals surface area (Å²) in [5.74, 6) is 0. The van der Waals surface area contributed by atoms with Gasteiger partial charge < -0.3 is 11.5 Å². The minimum absolute atomic E-state index is 0.107. The molecule has 78 valence electrons. The van der Waals surface area contributed by atoms with E-state index in [0.717, 1.165) is 17.7 Å². The summed E-state index contributed by atoms with van der Waals surface area (Å²) in [5.41, 5.74) is 13.9. The lowest BCUT2D eigenvalue weighted by Crippen LogP contribution is -2.18. The Kier molecular flexibility index (Phi) is 3.17. The van der Waals surface area contributed by atoms with Crippen molar-refractivity contribution in [2.45, 2.75) is 33.2 Å². The second kappa shape index (κ2) is 4.01. The van der Waals surface area contributed by atoms with Gasteiger partial charge in [0.1, 0.15) is 0 Å². The Morgan fingerprint density at radius 1 is 1.14 bits per heavy atom. The third-order valence-electron chi connectivity index (χ3n) is 2.20. The van der Waals surface area contributed by atoms with E-state index in [1.54, 1.807) is 0 Å². The van der Waals surface area contributed by atoms with Crippen LogP contribution in [0.5, 0.6) is 0 Å². The lowest BCUT2D eigenvalue weighted by molar-refractivity contribution is 0.343. The molecule has 0 fully saturated rings. The number of benzene rings is 1. The van der Waals surface area contributed by atoms with Gasteiger partial charge in [0, 0.05) is 11.7 Å². The van der Waals surface area contributed by atoms with Crippen LogP contribution in [0, 0.1) is 5.41 Å². The molecule has 0 aliphatic carbocycles. The summed E-state index contributed by atoms with van der Waals surface area (Å²) >= 11 is 0. The van der Waals surface area contributed by atoms with Gasteiger partial charge in [-0.25, -0.2) is 0 Å². The molecule has 0 aliphatic rings. The monoisotopic (exact) mass is 192 g/mol. The van der Waals surface area contributed by atoms with E-state index in [9.17, 15) is 0 Å². The Balaban J connectivity index is 2.70. The van der Waals surface area contributed by atoms with Crippen molar-refractivity contribution in [1.29, 1.82) is 0 Å². The van der Waals surface area contributed by atoms with E-state index in [1.165, 1.54) is 0 Å². The van der Waals surface area contributed by atoms with Crippen LogP contribution >= 0.6 is 0 Å². The Labute approximate surface area is 86.3 Å². The predicted octanol–water partition coefficient (Wildman–Crippen LogP) is 2.70. The van der Waals surface area contributed by atoms with Gasteiger partial charge in [-0.1, -0.05) is 32.9 Å². The molecule has 0 aliphatic heterocycles. The van der Waals surface area contributed by atoms with Crippen LogP contribution in [-0.4, -0.2) is 0 Å². The number of nitrogen functional groups attached to an aromatic ring is 1. The van der Waals surface area contributed by atoms with Crippen molar-refractivity contribution in [2.75, 3.05) is 5.73 Å². The zero-order valence-corrected chi connectivity index (χ0v) is 9.25. The van der Waals surface area contributed by atoms with Crippen LogP contribution in [0.2, 0.25) is 0 Å². The van der Waals surface area contributed by atoms with E-state index in [-0.39, 0.29) is 11.5 Å². The van der Waals surface area contributed by atoms with Crippen LogP contribution in [0.25, 0.3) is 0 Å². The van der Waals surface area contributed by atoms with Crippen molar-refractivity contribution in [3.8, 4) is 0 Å². The smallest absolute Gasteiger partial charge is 0.0314 e. The SMILES string of the molecule is CC(C)(C)CC(N)c1ccc(N)cc1. The predicted molar refractivity (Wildman–Crippen MR) is 61.9 cm³/mol. The van der Waals surface area contributed by atoms with Gasteiger partial charge >= 0.3 is 0 Å². The highest BCUT2D eigenvalue weighted by molar-refractivity contribution is 5.40. The highest BCUT2D eigenvalue weighted by atomic mass is 14.6. The number of nitrogens with two attached hydrogens (primary N) is 2. The average Bonchev–Trinajstić information content (AvgIpc) is 2.02. The van der Waals surface area contributed by atoms with Gasteiger partial charge in [-0.15, -0.1) is 0 Å². The Morgan fingerprint density at radius 3 is 2.07 bits per heavy atom. The Bertz CT molecular complexity index is 282. The maximum absolute atomic E-state index is 6.09. The molecule has 1 aromatic carbocycles. The molecule has 0 aromatic heterocycles. The molecule has 4 N–H and O–H groups in total. The second-order valence-corrected chi connectivity index (χ2v) is 5.04. The largest absolute Gasteiger partial charge is 0.399 e. The molecule has 14 heavy (non-hydrogen) atoms. The Morgan fingerprint density at radius 2 is 1.64 bits per heavy atom. The second-order valence-electron chi connectivity index (χ2n) is 5.04. The molecular weight excluding hydrogens is 172 g/mol. The van der Waals surface area contributed by atoms with Crippen molar-refractivity contribution in [2.24, 2.45) is 11.1 Å². The molecule has 0 saturated carbocycles. The first-order chi connectivity index (χ1) is 6.38. The average molecular weight is 192 g/mol. The van der Waals surface area contributed by atoms with Gasteiger partial charge in [-0.05, 0) is 29.5 Å². The molecule has 2 heteroatoms. The maximum Gasteiger partial charge on any atom is 0.0314 e. The lowest BCUT2D eigenvalue weighted by Gasteiger charge is -2.23. The molecule has 2 nitrogen and oxygen atoms in total. The van der Waals surface area contributed by atoms with Crippen molar-refractivity contribution >= 4 is 5.69 Å². The molecule has 1 atom stereocenters. The zero-order chi connectivity index (χ0) is 10.8. The first-order valence-corrected chi connectivity index (χ1v) is 4.99. The molecule has 1 unspecified atom stereocenters. The summed E-state index contributed by atoms with van der Waals surface area (Å²) in [5, 5.41) is 0. The molecule has 1 rings (SSSR count). The molecule has 1 aromatic rings. The van der Waals surface area contributed by atoms with Gasteiger partial charge in [0.2, 0.25) is 0 Å². The van der Waals surface area contributed by atoms with E-state index < -0.39 is 0 Å². The Hall–Kier alpha value is -1.02. The van der Waals surface area contributed by atoms with Crippen molar-refractivity contribution < 1.29 is 0 Å². The van der Waals surface area contributed by atoms with Crippen LogP contribution in [0.15, 0.2) is 24.3 Å². The third kappa shape index (κ3) is 3.38. The number of rotatable bonds is 2. The fraction of sp³-hybridized carbons (Fsp3) is 0.500. The van der Waals surface area contributed by atoms with Crippen LogP contribution in [0.3, 0.4) is 0 Å². The van der Waals surface area contributed by atoms with Gasteiger partial charge in [-0.2, -0.15) is 0 Å².